The maximum absolute atomic E-state index is 2.40. The third kappa shape index (κ3) is 3.70. The molecule has 1 atom stereocenters. The fourth-order valence-electron chi connectivity index (χ4n) is 2.64. The summed E-state index contributed by atoms with van der Waals surface area (Å²) in [6.45, 7) is 4.59. The molecule has 1 radical (unpaired) electrons. The highest BCUT2D eigenvalue weighted by Crippen LogP contribution is 2.33. The first kappa shape index (κ1) is 13.9. The van der Waals surface area contributed by atoms with Gasteiger partial charge in [0.2, 0.25) is 0 Å². The quantitative estimate of drug-likeness (QED) is 0.662. The van der Waals surface area contributed by atoms with Crippen LogP contribution in [-0.4, -0.2) is 0 Å². The van der Waals surface area contributed by atoms with Crippen LogP contribution in [0.5, 0.6) is 0 Å². The molecular weight excluding hydrogens is 228 g/mol. The Labute approximate surface area is 117 Å². The van der Waals surface area contributed by atoms with Crippen molar-refractivity contribution in [3.8, 4) is 0 Å². The summed E-state index contributed by atoms with van der Waals surface area (Å²) < 4.78 is 0. The average Bonchev–Trinajstić information content (AvgIpc) is 2.47. The zero-order chi connectivity index (χ0) is 13.6. The summed E-state index contributed by atoms with van der Waals surface area (Å²) >= 11 is 0. The van der Waals surface area contributed by atoms with Crippen LogP contribution in [-0.2, 0) is 11.8 Å². The zero-order valence-electron chi connectivity index (χ0n) is 12.0. The number of hydrogen-bond donors (Lipinski definition) is 0. The van der Waals surface area contributed by atoms with Crippen LogP contribution in [0.15, 0.2) is 60.7 Å². The molecule has 0 saturated heterocycles. The van der Waals surface area contributed by atoms with E-state index in [1.807, 2.05) is 0 Å². The molecule has 2 aromatic carbocycles. The van der Waals surface area contributed by atoms with Crippen LogP contribution in [0.25, 0.3) is 0 Å². The summed E-state index contributed by atoms with van der Waals surface area (Å²) in [5, 5.41) is 0. The molecule has 0 aromatic heterocycles. The van der Waals surface area contributed by atoms with Crippen molar-refractivity contribution in [1.29, 1.82) is 0 Å². The van der Waals surface area contributed by atoms with E-state index in [1.54, 1.807) is 0 Å². The van der Waals surface area contributed by atoms with Crippen LogP contribution in [0.2, 0.25) is 0 Å². The highest BCUT2D eigenvalue weighted by Gasteiger charge is 2.26. The van der Waals surface area contributed by atoms with E-state index in [0.29, 0.717) is 0 Å². The fourth-order valence-corrected chi connectivity index (χ4v) is 2.64. The van der Waals surface area contributed by atoms with E-state index in [2.05, 4.69) is 80.9 Å². The number of rotatable bonds is 6. The number of hydrogen-bond acceptors (Lipinski definition) is 0. The summed E-state index contributed by atoms with van der Waals surface area (Å²) in [6.07, 6.45) is 5.75. The Kier molecular flexibility index (Phi) is 4.79. The molecule has 0 nitrogen and oxygen atoms in total. The van der Waals surface area contributed by atoms with Crippen LogP contribution < -0.4 is 0 Å². The molecule has 0 amide bonds. The van der Waals surface area contributed by atoms with Crippen LogP contribution in [0.1, 0.15) is 37.8 Å². The van der Waals surface area contributed by atoms with Gasteiger partial charge in [0.25, 0.3) is 0 Å². The predicted octanol–water partition coefficient (Wildman–Crippen LogP) is 5.19. The molecule has 0 aliphatic heterocycles. The van der Waals surface area contributed by atoms with Gasteiger partial charge in [-0.3, -0.25) is 0 Å². The molecule has 19 heavy (non-hydrogen) atoms. The Bertz CT molecular complexity index is 472. The van der Waals surface area contributed by atoms with Gasteiger partial charge in [-0.2, -0.15) is 0 Å². The molecule has 0 heterocycles. The van der Waals surface area contributed by atoms with E-state index in [4.69, 9.17) is 0 Å². The molecule has 99 valence electrons. The van der Waals surface area contributed by atoms with Gasteiger partial charge >= 0.3 is 0 Å². The zero-order valence-corrected chi connectivity index (χ0v) is 12.0. The minimum Gasteiger partial charge on any atom is -0.0651 e. The van der Waals surface area contributed by atoms with E-state index < -0.39 is 0 Å². The second kappa shape index (κ2) is 6.56. The second-order valence-corrected chi connectivity index (χ2v) is 5.49. The Morgan fingerprint density at radius 2 is 1.47 bits per heavy atom. The van der Waals surface area contributed by atoms with Crippen LogP contribution in [0.4, 0.5) is 0 Å². The molecule has 0 bridgehead atoms. The Balaban J connectivity index is 2.24. The van der Waals surface area contributed by atoms with E-state index >= 15 is 0 Å². The van der Waals surface area contributed by atoms with Crippen molar-refractivity contribution >= 4 is 0 Å². The number of benzene rings is 2. The summed E-state index contributed by atoms with van der Waals surface area (Å²) in [4.78, 5) is 0. The molecule has 0 spiro atoms. The van der Waals surface area contributed by atoms with Crippen molar-refractivity contribution in [2.75, 3.05) is 0 Å². The van der Waals surface area contributed by atoms with E-state index in [-0.39, 0.29) is 5.41 Å². The first-order chi connectivity index (χ1) is 9.24. The lowest BCUT2D eigenvalue weighted by Gasteiger charge is -2.30. The largest absolute Gasteiger partial charge is 0.0651 e. The standard InChI is InChI=1S/C19H23/c1-3-4-15-19(2,18-13-9-6-10-14-18)16-17-11-7-5-8-12-17/h4-14H,3,15-16H2,1-2H3. The summed E-state index contributed by atoms with van der Waals surface area (Å²) in [7, 11) is 0. The lowest BCUT2D eigenvalue weighted by Crippen LogP contribution is -2.25. The van der Waals surface area contributed by atoms with Gasteiger partial charge < -0.3 is 0 Å². The predicted molar refractivity (Wildman–Crippen MR) is 83.1 cm³/mol. The number of unbranched alkanes of at least 4 members (excludes halogenated alkanes) is 1. The van der Waals surface area contributed by atoms with Crippen molar-refractivity contribution in [2.24, 2.45) is 0 Å². The minimum absolute atomic E-state index is 0.193. The molecular formula is C19H23. The highest BCUT2D eigenvalue weighted by molar-refractivity contribution is 5.29. The lowest BCUT2D eigenvalue weighted by atomic mass is 9.74. The van der Waals surface area contributed by atoms with E-state index in [0.717, 1.165) is 19.3 Å². The highest BCUT2D eigenvalue weighted by atomic mass is 14.3. The molecule has 2 aromatic rings. The van der Waals surface area contributed by atoms with Crippen LogP contribution in [0, 0.1) is 6.42 Å². The average molecular weight is 251 g/mol. The molecule has 0 N–H and O–H groups in total. The third-order valence-corrected chi connectivity index (χ3v) is 3.79. The molecule has 0 aliphatic carbocycles. The van der Waals surface area contributed by atoms with Gasteiger partial charge in [-0.1, -0.05) is 80.9 Å². The molecule has 0 aliphatic rings. The topological polar surface area (TPSA) is 0 Å². The summed E-state index contributed by atoms with van der Waals surface area (Å²) in [5.41, 5.74) is 3.04. The van der Waals surface area contributed by atoms with Crippen molar-refractivity contribution in [3.05, 3.63) is 78.2 Å². The van der Waals surface area contributed by atoms with Gasteiger partial charge in [-0.05, 0) is 35.8 Å². The smallest absolute Gasteiger partial charge is 0.00322 e. The van der Waals surface area contributed by atoms with Gasteiger partial charge in [0.1, 0.15) is 0 Å². The van der Waals surface area contributed by atoms with Gasteiger partial charge in [-0.25, -0.2) is 0 Å². The second-order valence-electron chi connectivity index (χ2n) is 5.49. The minimum atomic E-state index is 0.193. The molecule has 0 fully saturated rings. The Hall–Kier alpha value is -1.56. The van der Waals surface area contributed by atoms with E-state index in [1.165, 1.54) is 11.1 Å². The van der Waals surface area contributed by atoms with Gasteiger partial charge in [0.05, 0.1) is 0 Å². The molecule has 0 heteroatoms. The maximum atomic E-state index is 2.40. The first-order valence-electron chi connectivity index (χ1n) is 7.16. The Morgan fingerprint density at radius 3 is 2.05 bits per heavy atom. The van der Waals surface area contributed by atoms with Gasteiger partial charge in [0.15, 0.2) is 0 Å². The van der Waals surface area contributed by atoms with Gasteiger partial charge in [-0.15, -0.1) is 0 Å². The monoisotopic (exact) mass is 251 g/mol. The van der Waals surface area contributed by atoms with Crippen LogP contribution >= 0.6 is 0 Å². The fraction of sp³-hybridized carbons (Fsp3) is 0.316. The molecule has 0 saturated carbocycles. The Morgan fingerprint density at radius 1 is 0.895 bits per heavy atom. The normalized spacial score (nSPS) is 14.0. The van der Waals surface area contributed by atoms with Crippen molar-refractivity contribution in [3.63, 3.8) is 0 Å². The first-order valence-corrected chi connectivity index (χ1v) is 7.16. The molecule has 1 unspecified atom stereocenters. The van der Waals surface area contributed by atoms with Crippen molar-refractivity contribution < 1.29 is 0 Å². The third-order valence-electron chi connectivity index (χ3n) is 3.79. The van der Waals surface area contributed by atoms with Crippen molar-refractivity contribution in [2.45, 2.75) is 38.5 Å². The SMILES string of the molecule is CC[CH]CC(C)(Cc1ccccc1)c1ccccc1. The lowest BCUT2D eigenvalue weighted by molar-refractivity contribution is 0.456. The van der Waals surface area contributed by atoms with Crippen LogP contribution in [0.3, 0.4) is 0 Å². The summed E-state index contributed by atoms with van der Waals surface area (Å²) in [6, 6.07) is 21.7. The maximum Gasteiger partial charge on any atom is -0.00322 e. The summed E-state index contributed by atoms with van der Waals surface area (Å²) in [5.74, 6) is 0. The van der Waals surface area contributed by atoms with Crippen molar-refractivity contribution in [1.82, 2.24) is 0 Å². The van der Waals surface area contributed by atoms with Gasteiger partial charge in [0, 0.05) is 0 Å². The van der Waals surface area contributed by atoms with E-state index in [9.17, 15) is 0 Å². The molecule has 2 rings (SSSR count).